The second-order valence-electron chi connectivity index (χ2n) is 6.07. The molecule has 2 aromatic rings. The monoisotopic (exact) mass is 548 g/mol. The molecule has 140 valence electrons. The first-order valence-corrected chi connectivity index (χ1v) is 9.23. The Balaban J connectivity index is -0.000000346. The summed E-state index contributed by atoms with van der Waals surface area (Å²) < 4.78 is 0. The third kappa shape index (κ3) is 11.5. The van der Waals surface area contributed by atoms with Gasteiger partial charge in [-0.1, -0.05) is 79.1 Å². The zero-order valence-electron chi connectivity index (χ0n) is 16.4. The predicted molar refractivity (Wildman–Crippen MR) is 100 cm³/mol. The number of unbranched alkanes of at least 4 members (excludes halogenated alkanes) is 2. The Morgan fingerprint density at radius 1 is 0.680 bits per heavy atom. The van der Waals surface area contributed by atoms with E-state index in [9.17, 15) is 0 Å². The molecule has 0 saturated carbocycles. The topological polar surface area (TPSA) is 0 Å². The first-order valence-electron chi connectivity index (χ1n) is 9.23. The Hall–Kier alpha value is 0.150. The van der Waals surface area contributed by atoms with Crippen LogP contribution in [-0.4, -0.2) is 0 Å². The van der Waals surface area contributed by atoms with Gasteiger partial charge in [-0.3, -0.25) is 0 Å². The normalized spacial score (nSPS) is 9.12. The van der Waals surface area contributed by atoms with Gasteiger partial charge >= 0.3 is 25.8 Å². The van der Waals surface area contributed by atoms with Crippen LogP contribution in [0.25, 0.3) is 0 Å². The van der Waals surface area contributed by atoms with Gasteiger partial charge in [-0.25, -0.2) is 24.3 Å². The van der Waals surface area contributed by atoms with Crippen molar-refractivity contribution in [3.05, 3.63) is 58.7 Å². The molecule has 0 heterocycles. The van der Waals surface area contributed by atoms with Crippen LogP contribution in [-0.2, 0) is 51.5 Å². The molecule has 0 amide bonds. The van der Waals surface area contributed by atoms with E-state index in [-0.39, 0.29) is 50.7 Å². The molecule has 0 spiro atoms. The summed E-state index contributed by atoms with van der Waals surface area (Å²) in [5, 5.41) is 0. The average molecular weight is 548 g/mol. The van der Waals surface area contributed by atoms with E-state index >= 15 is 0 Å². The van der Waals surface area contributed by atoms with Gasteiger partial charge < -0.3 is 24.8 Å². The molecule has 3 heteroatoms. The molecule has 0 unspecified atom stereocenters. The molecule has 0 bridgehead atoms. The van der Waals surface area contributed by atoms with E-state index in [0.29, 0.717) is 0 Å². The van der Waals surface area contributed by atoms with Crippen molar-refractivity contribution in [3.8, 4) is 0 Å². The Bertz CT molecular complexity index is 453. The van der Waals surface area contributed by atoms with Crippen LogP contribution in [0.2, 0.25) is 0 Å². The van der Waals surface area contributed by atoms with Gasteiger partial charge in [0, 0.05) is 0 Å². The van der Waals surface area contributed by atoms with Crippen LogP contribution in [0.5, 0.6) is 0 Å². The molecule has 0 aliphatic rings. The summed E-state index contributed by atoms with van der Waals surface area (Å²) in [4.78, 5) is 0. The summed E-state index contributed by atoms with van der Waals surface area (Å²) in [5.41, 5.74) is 6.21. The van der Waals surface area contributed by atoms with Gasteiger partial charge in [0.1, 0.15) is 0 Å². The summed E-state index contributed by atoms with van der Waals surface area (Å²) in [5.74, 6) is 0. The van der Waals surface area contributed by atoms with E-state index in [4.69, 9.17) is 0 Å². The average Bonchev–Trinajstić information content (AvgIpc) is 3.19. The molecule has 0 nitrogen and oxygen atoms in total. The van der Waals surface area contributed by atoms with Gasteiger partial charge in [-0.15, -0.1) is 0 Å². The fourth-order valence-electron chi connectivity index (χ4n) is 2.90. The van der Waals surface area contributed by atoms with Gasteiger partial charge in [-0.05, 0) is 0 Å². The van der Waals surface area contributed by atoms with E-state index in [1.54, 1.807) is 22.3 Å². The van der Waals surface area contributed by atoms with E-state index < -0.39 is 0 Å². The zero-order chi connectivity index (χ0) is 16.2. The van der Waals surface area contributed by atoms with Crippen molar-refractivity contribution >= 4 is 0 Å². The van der Waals surface area contributed by atoms with Crippen LogP contribution in [0.3, 0.4) is 0 Å². The van der Waals surface area contributed by atoms with Crippen LogP contribution >= 0.6 is 0 Å². The minimum Gasteiger partial charge on any atom is -1.00 e. The molecule has 0 aromatic heterocycles. The fourth-order valence-corrected chi connectivity index (χ4v) is 2.90. The molecular formula is C22H34Cl2Hf. The minimum absolute atomic E-state index is 0. The van der Waals surface area contributed by atoms with Crippen molar-refractivity contribution in [1.82, 2.24) is 0 Å². The second-order valence-corrected chi connectivity index (χ2v) is 6.07. The van der Waals surface area contributed by atoms with Crippen molar-refractivity contribution in [3.63, 3.8) is 0 Å². The minimum atomic E-state index is 0. The molecule has 0 N–H and O–H groups in total. The maximum atomic E-state index is 2.26. The fraction of sp³-hybridized carbons (Fsp3) is 0.545. The molecule has 2 rings (SSSR count). The SMILES string of the molecule is CCCC[c-]1cccc1CC.CCCC[c-]1cccc1CC.[Cl-].[Cl-].[Hf+4]. The standard InChI is InChI=1S/2C11H17.2ClH.Hf/c2*1-3-5-7-11-9-6-8-10(11)4-2;;;/h2*6,8-9H,3-5,7H2,1-2H3;2*1H;/q2*-1;;;+4/p-2. The van der Waals surface area contributed by atoms with Crippen LogP contribution in [0, 0.1) is 0 Å². The maximum absolute atomic E-state index is 2.26. The van der Waals surface area contributed by atoms with Crippen LogP contribution < -0.4 is 24.8 Å². The van der Waals surface area contributed by atoms with Gasteiger partial charge in [0.15, 0.2) is 0 Å². The molecule has 25 heavy (non-hydrogen) atoms. The van der Waals surface area contributed by atoms with Crippen LogP contribution in [0.15, 0.2) is 36.4 Å². The Morgan fingerprint density at radius 2 is 1.04 bits per heavy atom. The molecular weight excluding hydrogens is 514 g/mol. The molecule has 0 atom stereocenters. The smallest absolute Gasteiger partial charge is 1.00 e. The molecule has 0 fully saturated rings. The summed E-state index contributed by atoms with van der Waals surface area (Å²) in [6, 6.07) is 13.3. The van der Waals surface area contributed by atoms with Crippen molar-refractivity contribution in [2.24, 2.45) is 0 Å². The first-order chi connectivity index (χ1) is 10.8. The summed E-state index contributed by atoms with van der Waals surface area (Å²) in [6.07, 6.45) is 10.2. The largest absolute Gasteiger partial charge is 4.00 e. The molecule has 2 aromatic carbocycles. The second kappa shape index (κ2) is 18.9. The number of aryl methyl sites for hydroxylation is 4. The Kier molecular flexibility index (Phi) is 22.6. The van der Waals surface area contributed by atoms with E-state index in [2.05, 4.69) is 64.1 Å². The van der Waals surface area contributed by atoms with Gasteiger partial charge in [-0.2, -0.15) is 34.4 Å². The van der Waals surface area contributed by atoms with Crippen molar-refractivity contribution < 1.29 is 50.7 Å². The van der Waals surface area contributed by atoms with Crippen molar-refractivity contribution in [2.45, 2.75) is 79.1 Å². The third-order valence-corrected chi connectivity index (χ3v) is 4.38. The summed E-state index contributed by atoms with van der Waals surface area (Å²) in [7, 11) is 0. The molecule has 0 aliphatic carbocycles. The zero-order valence-corrected chi connectivity index (χ0v) is 21.5. The molecule has 0 saturated heterocycles. The van der Waals surface area contributed by atoms with E-state index in [0.717, 1.165) is 0 Å². The summed E-state index contributed by atoms with van der Waals surface area (Å²) >= 11 is 0. The maximum Gasteiger partial charge on any atom is 4.00 e. The number of rotatable bonds is 8. The quantitative estimate of drug-likeness (QED) is 0.336. The van der Waals surface area contributed by atoms with Crippen molar-refractivity contribution in [2.75, 3.05) is 0 Å². The van der Waals surface area contributed by atoms with E-state index in [1.165, 1.54) is 51.4 Å². The summed E-state index contributed by atoms with van der Waals surface area (Å²) in [6.45, 7) is 8.94. The van der Waals surface area contributed by atoms with Gasteiger partial charge in [0.2, 0.25) is 0 Å². The van der Waals surface area contributed by atoms with Gasteiger partial charge in [0.05, 0.1) is 0 Å². The third-order valence-electron chi connectivity index (χ3n) is 4.38. The van der Waals surface area contributed by atoms with Crippen LogP contribution in [0.1, 0.15) is 75.6 Å². The number of hydrogen-bond donors (Lipinski definition) is 0. The first kappa shape index (κ1) is 29.9. The predicted octanol–water partition coefficient (Wildman–Crippen LogP) is 0.627. The van der Waals surface area contributed by atoms with Crippen LogP contribution in [0.4, 0.5) is 0 Å². The molecule has 0 aliphatic heterocycles. The Morgan fingerprint density at radius 3 is 1.32 bits per heavy atom. The number of halogens is 2. The Labute approximate surface area is 187 Å². The molecule has 0 radical (unpaired) electrons. The van der Waals surface area contributed by atoms with Gasteiger partial charge in [0.25, 0.3) is 0 Å². The van der Waals surface area contributed by atoms with E-state index in [1.807, 2.05) is 0 Å². The van der Waals surface area contributed by atoms with Crippen molar-refractivity contribution in [1.29, 1.82) is 0 Å². The number of hydrogen-bond acceptors (Lipinski definition) is 0.